The number of hydrogen-bond donors (Lipinski definition) is 0. The van der Waals surface area contributed by atoms with Gasteiger partial charge >= 0.3 is 0 Å². The summed E-state index contributed by atoms with van der Waals surface area (Å²) in [5.74, 6) is 0. The molecule has 1 aromatic heterocycles. The Labute approximate surface area is 91.7 Å². The van der Waals surface area contributed by atoms with Crippen molar-refractivity contribution >= 4 is 38.9 Å². The van der Waals surface area contributed by atoms with Crippen LogP contribution in [0.3, 0.4) is 0 Å². The predicted molar refractivity (Wildman–Crippen MR) is 55.3 cm³/mol. The predicted octanol–water partition coefficient (Wildman–Crippen LogP) is 1.18. The molecule has 0 spiro atoms. The first kappa shape index (κ1) is 11.5. The van der Waals surface area contributed by atoms with Gasteiger partial charge in [0.2, 0.25) is 15.3 Å². The normalized spacial score (nSPS) is 11.4. The zero-order valence-electron chi connectivity index (χ0n) is 7.40. The molecule has 0 aliphatic heterocycles. The molecule has 14 heavy (non-hydrogen) atoms. The summed E-state index contributed by atoms with van der Waals surface area (Å²) >= 11 is 11.2. The van der Waals surface area contributed by atoms with Crippen molar-refractivity contribution in [1.82, 2.24) is 9.97 Å². The molecule has 1 aromatic rings. The topological polar surface area (TPSA) is 63.2 Å². The van der Waals surface area contributed by atoms with Crippen LogP contribution in [0.5, 0.6) is 0 Å². The highest BCUT2D eigenvalue weighted by Gasteiger charge is 2.16. The lowest BCUT2D eigenvalue weighted by Crippen LogP contribution is -2.25. The van der Waals surface area contributed by atoms with Gasteiger partial charge in [-0.05, 0) is 11.6 Å². The standard InChI is InChI=1S/C6H7Cl2N3O2S/c1-11(14(2,12)13)4-3-9-6(8)10-5(4)7/h3H,1-2H3. The largest absolute Gasteiger partial charge is 0.269 e. The number of sulfonamides is 1. The Bertz CT molecular complexity index is 448. The third-order valence-corrected chi connectivity index (χ3v) is 3.18. The third kappa shape index (κ3) is 2.46. The Hall–Kier alpha value is -0.590. The van der Waals surface area contributed by atoms with Gasteiger partial charge in [-0.3, -0.25) is 4.31 Å². The van der Waals surface area contributed by atoms with Gasteiger partial charge in [0.05, 0.1) is 12.5 Å². The molecule has 0 aliphatic carbocycles. The van der Waals surface area contributed by atoms with Crippen LogP contribution in [-0.2, 0) is 10.0 Å². The van der Waals surface area contributed by atoms with Crippen molar-refractivity contribution in [2.45, 2.75) is 0 Å². The summed E-state index contributed by atoms with van der Waals surface area (Å²) in [7, 11) is -2.01. The van der Waals surface area contributed by atoms with E-state index in [4.69, 9.17) is 23.2 Å². The Balaban J connectivity index is 3.21. The molecule has 78 valence electrons. The Morgan fingerprint density at radius 3 is 2.43 bits per heavy atom. The van der Waals surface area contributed by atoms with Crippen LogP contribution in [0.1, 0.15) is 0 Å². The maximum absolute atomic E-state index is 11.1. The third-order valence-electron chi connectivity index (χ3n) is 1.53. The van der Waals surface area contributed by atoms with Crippen LogP contribution in [0.4, 0.5) is 5.69 Å². The maximum atomic E-state index is 11.1. The first-order valence-corrected chi connectivity index (χ1v) is 6.04. The zero-order chi connectivity index (χ0) is 10.9. The Morgan fingerprint density at radius 2 is 2.00 bits per heavy atom. The van der Waals surface area contributed by atoms with Crippen molar-refractivity contribution in [2.24, 2.45) is 0 Å². The smallest absolute Gasteiger partial charge is 0.232 e. The molecule has 0 amide bonds. The van der Waals surface area contributed by atoms with Gasteiger partial charge in [0, 0.05) is 7.05 Å². The molecule has 0 saturated carbocycles. The molecular formula is C6H7Cl2N3O2S. The highest BCUT2D eigenvalue weighted by Crippen LogP contribution is 2.24. The number of rotatable bonds is 2. The SMILES string of the molecule is CN(c1cnc(Cl)nc1Cl)S(C)(=O)=O. The fourth-order valence-electron chi connectivity index (χ4n) is 0.725. The van der Waals surface area contributed by atoms with Crippen molar-refractivity contribution in [1.29, 1.82) is 0 Å². The Kier molecular flexibility index (Phi) is 3.18. The lowest BCUT2D eigenvalue weighted by molar-refractivity contribution is 0.600. The second-order valence-corrected chi connectivity index (χ2v) is 5.26. The molecule has 1 heterocycles. The molecule has 0 N–H and O–H groups in total. The van der Waals surface area contributed by atoms with Crippen LogP contribution in [-0.4, -0.2) is 31.7 Å². The average molecular weight is 256 g/mol. The van der Waals surface area contributed by atoms with Gasteiger partial charge in [-0.25, -0.2) is 18.4 Å². The first-order valence-electron chi connectivity index (χ1n) is 3.44. The summed E-state index contributed by atoms with van der Waals surface area (Å²) in [4.78, 5) is 7.26. The van der Waals surface area contributed by atoms with Crippen molar-refractivity contribution < 1.29 is 8.42 Å². The first-order chi connectivity index (χ1) is 6.32. The second kappa shape index (κ2) is 3.88. The van der Waals surface area contributed by atoms with E-state index in [2.05, 4.69) is 9.97 Å². The number of nitrogens with zero attached hydrogens (tertiary/aromatic N) is 3. The van der Waals surface area contributed by atoms with E-state index in [9.17, 15) is 8.42 Å². The van der Waals surface area contributed by atoms with E-state index >= 15 is 0 Å². The van der Waals surface area contributed by atoms with E-state index in [1.807, 2.05) is 0 Å². The van der Waals surface area contributed by atoms with Gasteiger partial charge in [0.15, 0.2) is 5.15 Å². The molecule has 0 fully saturated rings. The van der Waals surface area contributed by atoms with Gasteiger partial charge in [0.1, 0.15) is 5.69 Å². The number of hydrogen-bond acceptors (Lipinski definition) is 4. The van der Waals surface area contributed by atoms with Crippen LogP contribution >= 0.6 is 23.2 Å². The summed E-state index contributed by atoms with van der Waals surface area (Å²) < 4.78 is 23.3. The van der Waals surface area contributed by atoms with Gasteiger partial charge < -0.3 is 0 Å². The van der Waals surface area contributed by atoms with E-state index in [1.165, 1.54) is 13.2 Å². The van der Waals surface area contributed by atoms with Crippen LogP contribution in [0.15, 0.2) is 6.20 Å². The van der Waals surface area contributed by atoms with E-state index in [0.717, 1.165) is 10.6 Å². The van der Waals surface area contributed by atoms with Crippen LogP contribution < -0.4 is 4.31 Å². The van der Waals surface area contributed by atoms with E-state index in [1.54, 1.807) is 0 Å². The molecule has 0 saturated heterocycles. The van der Waals surface area contributed by atoms with Crippen molar-refractivity contribution in [3.8, 4) is 0 Å². The van der Waals surface area contributed by atoms with Gasteiger partial charge in [-0.15, -0.1) is 0 Å². The van der Waals surface area contributed by atoms with E-state index in [0.29, 0.717) is 0 Å². The molecule has 5 nitrogen and oxygen atoms in total. The molecule has 8 heteroatoms. The monoisotopic (exact) mass is 255 g/mol. The fraction of sp³-hybridized carbons (Fsp3) is 0.333. The van der Waals surface area contributed by atoms with Crippen LogP contribution in [0.2, 0.25) is 10.4 Å². The van der Waals surface area contributed by atoms with Gasteiger partial charge in [-0.1, -0.05) is 11.6 Å². The quantitative estimate of drug-likeness (QED) is 0.588. The minimum atomic E-state index is -3.37. The highest BCUT2D eigenvalue weighted by molar-refractivity contribution is 7.92. The molecule has 0 aliphatic rings. The summed E-state index contributed by atoms with van der Waals surface area (Å²) in [5.41, 5.74) is 0.193. The van der Waals surface area contributed by atoms with Crippen molar-refractivity contribution in [3.05, 3.63) is 16.6 Å². The summed E-state index contributed by atoms with van der Waals surface area (Å²) in [5, 5.41) is -0.0291. The molecular weight excluding hydrogens is 249 g/mol. The average Bonchev–Trinajstić information content (AvgIpc) is 2.01. The molecule has 0 aromatic carbocycles. The molecule has 1 rings (SSSR count). The van der Waals surface area contributed by atoms with Crippen molar-refractivity contribution in [3.63, 3.8) is 0 Å². The minimum absolute atomic E-state index is 0.00192. The molecule has 0 radical (unpaired) electrons. The van der Waals surface area contributed by atoms with E-state index < -0.39 is 10.0 Å². The Morgan fingerprint density at radius 1 is 1.43 bits per heavy atom. The summed E-state index contributed by atoms with van der Waals surface area (Å²) in [6, 6.07) is 0. The fourth-order valence-corrected chi connectivity index (χ4v) is 1.70. The lowest BCUT2D eigenvalue weighted by atomic mass is 10.5. The zero-order valence-corrected chi connectivity index (χ0v) is 9.73. The molecule has 0 atom stereocenters. The number of anilines is 1. The minimum Gasteiger partial charge on any atom is -0.269 e. The highest BCUT2D eigenvalue weighted by atomic mass is 35.5. The van der Waals surface area contributed by atoms with Crippen LogP contribution in [0.25, 0.3) is 0 Å². The number of aromatic nitrogens is 2. The second-order valence-electron chi connectivity index (χ2n) is 2.55. The summed E-state index contributed by atoms with van der Waals surface area (Å²) in [6.45, 7) is 0. The molecule has 0 bridgehead atoms. The summed E-state index contributed by atoms with van der Waals surface area (Å²) in [6.07, 6.45) is 2.30. The van der Waals surface area contributed by atoms with Gasteiger partial charge in [0.25, 0.3) is 0 Å². The van der Waals surface area contributed by atoms with Gasteiger partial charge in [-0.2, -0.15) is 0 Å². The van der Waals surface area contributed by atoms with Crippen molar-refractivity contribution in [2.75, 3.05) is 17.6 Å². The molecule has 0 unspecified atom stereocenters. The maximum Gasteiger partial charge on any atom is 0.232 e. The lowest BCUT2D eigenvalue weighted by Gasteiger charge is -2.16. The van der Waals surface area contributed by atoms with Crippen LogP contribution in [0, 0.1) is 0 Å². The number of halogens is 2. The van der Waals surface area contributed by atoms with E-state index in [-0.39, 0.29) is 16.1 Å².